The van der Waals surface area contributed by atoms with Gasteiger partial charge in [-0.3, -0.25) is 4.90 Å². The molecule has 2 unspecified atom stereocenters. The molecule has 1 aliphatic heterocycles. The quantitative estimate of drug-likeness (QED) is 0.824. The topological polar surface area (TPSA) is 15.3 Å². The van der Waals surface area contributed by atoms with Crippen LogP contribution in [0.3, 0.4) is 0 Å². The average molecular weight is 250 g/mol. The van der Waals surface area contributed by atoms with E-state index in [-0.39, 0.29) is 6.54 Å². The van der Waals surface area contributed by atoms with Crippen molar-refractivity contribution in [1.82, 2.24) is 10.2 Å². The van der Waals surface area contributed by atoms with E-state index in [2.05, 4.69) is 17.1 Å². The number of nitrogens with one attached hydrogen (secondary N) is 1. The number of piperazine rings is 1. The van der Waals surface area contributed by atoms with Crippen molar-refractivity contribution in [1.29, 1.82) is 0 Å². The molecular weight excluding hydrogens is 229 g/mol. The van der Waals surface area contributed by atoms with E-state index in [1.54, 1.807) is 0 Å². The van der Waals surface area contributed by atoms with Crippen LogP contribution in [0.25, 0.3) is 0 Å². The Kier molecular flexibility index (Phi) is 3.98. The molecule has 0 spiro atoms. The molecule has 0 aromatic rings. The smallest absolute Gasteiger partial charge is 0.311 e. The third-order valence-electron chi connectivity index (χ3n) is 3.88. The molecule has 2 nitrogen and oxygen atoms in total. The van der Waals surface area contributed by atoms with Crippen LogP contribution in [0.4, 0.5) is 13.2 Å². The number of rotatable bonds is 4. The van der Waals surface area contributed by atoms with Gasteiger partial charge in [-0.15, -0.1) is 0 Å². The monoisotopic (exact) mass is 250 g/mol. The molecule has 1 saturated carbocycles. The number of hydrogen-bond donors (Lipinski definition) is 1. The molecule has 2 aliphatic rings. The van der Waals surface area contributed by atoms with Gasteiger partial charge in [-0.25, -0.2) is 0 Å². The summed E-state index contributed by atoms with van der Waals surface area (Å²) in [4.78, 5) is 2.07. The second-order valence-corrected chi connectivity index (χ2v) is 5.28. The molecule has 1 saturated heterocycles. The molecule has 17 heavy (non-hydrogen) atoms. The van der Waals surface area contributed by atoms with Crippen molar-refractivity contribution in [2.24, 2.45) is 5.92 Å². The summed E-state index contributed by atoms with van der Waals surface area (Å²) >= 11 is 0. The number of alkyl halides is 3. The summed E-state index contributed by atoms with van der Waals surface area (Å²) in [5, 5.41) is 3.44. The van der Waals surface area contributed by atoms with Crippen LogP contribution in [0, 0.1) is 5.92 Å². The van der Waals surface area contributed by atoms with Crippen LogP contribution < -0.4 is 5.32 Å². The Bertz CT molecular complexity index is 251. The third-order valence-corrected chi connectivity index (χ3v) is 3.88. The fourth-order valence-electron chi connectivity index (χ4n) is 2.65. The lowest BCUT2D eigenvalue weighted by Gasteiger charge is -2.40. The Labute approximate surface area is 101 Å². The zero-order valence-corrected chi connectivity index (χ0v) is 10.3. The molecule has 2 fully saturated rings. The van der Waals surface area contributed by atoms with E-state index in [0.29, 0.717) is 18.0 Å². The molecule has 0 amide bonds. The van der Waals surface area contributed by atoms with Crippen LogP contribution in [-0.2, 0) is 0 Å². The van der Waals surface area contributed by atoms with Gasteiger partial charge in [0.05, 0.1) is 6.42 Å². The Morgan fingerprint density at radius 2 is 2.00 bits per heavy atom. The van der Waals surface area contributed by atoms with Gasteiger partial charge in [0.2, 0.25) is 0 Å². The highest BCUT2D eigenvalue weighted by molar-refractivity contribution is 4.94. The predicted octanol–water partition coefficient (Wildman–Crippen LogP) is 2.40. The lowest BCUT2D eigenvalue weighted by molar-refractivity contribution is -0.140. The van der Waals surface area contributed by atoms with Gasteiger partial charge in [0.25, 0.3) is 0 Å². The maximum atomic E-state index is 12.3. The largest absolute Gasteiger partial charge is 0.390 e. The lowest BCUT2D eigenvalue weighted by Crippen LogP contribution is -2.57. The summed E-state index contributed by atoms with van der Waals surface area (Å²) in [6.45, 7) is 3.88. The van der Waals surface area contributed by atoms with Gasteiger partial charge in [0.1, 0.15) is 0 Å². The number of halogens is 3. The van der Waals surface area contributed by atoms with E-state index in [1.165, 1.54) is 12.8 Å². The second-order valence-electron chi connectivity index (χ2n) is 5.28. The minimum atomic E-state index is -4.03. The molecule has 100 valence electrons. The fraction of sp³-hybridized carbons (Fsp3) is 1.00. The summed E-state index contributed by atoms with van der Waals surface area (Å²) in [6.07, 6.45) is -1.34. The standard InChI is InChI=1S/C12H21F3N2/c1-2-10-8-17(6-5-12(13,14)15)11(7-16-10)9-3-4-9/h9-11,16H,2-8H2,1H3. The molecule has 1 heterocycles. The second kappa shape index (κ2) is 5.14. The summed E-state index contributed by atoms with van der Waals surface area (Å²) < 4.78 is 36.9. The van der Waals surface area contributed by atoms with E-state index >= 15 is 0 Å². The van der Waals surface area contributed by atoms with Crippen molar-refractivity contribution >= 4 is 0 Å². The van der Waals surface area contributed by atoms with E-state index < -0.39 is 12.6 Å². The van der Waals surface area contributed by atoms with Gasteiger partial charge in [0.15, 0.2) is 0 Å². The van der Waals surface area contributed by atoms with Gasteiger partial charge in [0, 0.05) is 31.7 Å². The highest BCUT2D eigenvalue weighted by Crippen LogP contribution is 2.36. The molecule has 1 aliphatic carbocycles. The van der Waals surface area contributed by atoms with E-state index in [1.807, 2.05) is 0 Å². The van der Waals surface area contributed by atoms with Crippen LogP contribution in [0.15, 0.2) is 0 Å². The maximum absolute atomic E-state index is 12.3. The Morgan fingerprint density at radius 1 is 1.29 bits per heavy atom. The van der Waals surface area contributed by atoms with E-state index in [4.69, 9.17) is 0 Å². The van der Waals surface area contributed by atoms with Crippen molar-refractivity contribution in [3.63, 3.8) is 0 Å². The van der Waals surface area contributed by atoms with Crippen molar-refractivity contribution in [2.45, 2.75) is 50.9 Å². The summed E-state index contributed by atoms with van der Waals surface area (Å²) in [5.74, 6) is 0.633. The molecule has 0 aromatic heterocycles. The molecule has 0 radical (unpaired) electrons. The first-order chi connectivity index (χ1) is 7.99. The van der Waals surface area contributed by atoms with Gasteiger partial charge >= 0.3 is 6.18 Å². The number of nitrogens with zero attached hydrogens (tertiary/aromatic N) is 1. The first-order valence-electron chi connectivity index (χ1n) is 6.54. The summed E-state index contributed by atoms with van der Waals surface area (Å²) in [7, 11) is 0. The minimum absolute atomic E-state index is 0.169. The average Bonchev–Trinajstić information content (AvgIpc) is 3.09. The Hall–Kier alpha value is -0.290. The van der Waals surface area contributed by atoms with Crippen molar-refractivity contribution in [3.05, 3.63) is 0 Å². The van der Waals surface area contributed by atoms with E-state index in [9.17, 15) is 13.2 Å². The third kappa shape index (κ3) is 3.85. The molecule has 1 N–H and O–H groups in total. The maximum Gasteiger partial charge on any atom is 0.390 e. The number of hydrogen-bond acceptors (Lipinski definition) is 2. The highest BCUT2D eigenvalue weighted by atomic mass is 19.4. The molecule has 2 atom stereocenters. The molecule has 0 bridgehead atoms. The van der Waals surface area contributed by atoms with Gasteiger partial charge < -0.3 is 5.32 Å². The normalized spacial score (nSPS) is 31.8. The van der Waals surface area contributed by atoms with Crippen molar-refractivity contribution < 1.29 is 13.2 Å². The SMILES string of the molecule is CCC1CN(CCC(F)(F)F)C(C2CC2)CN1. The molecule has 0 aromatic carbocycles. The highest BCUT2D eigenvalue weighted by Gasteiger charge is 2.39. The van der Waals surface area contributed by atoms with Crippen LogP contribution in [0.1, 0.15) is 32.6 Å². The van der Waals surface area contributed by atoms with Gasteiger partial charge in [-0.2, -0.15) is 13.2 Å². The molecule has 5 heteroatoms. The molecular formula is C12H21F3N2. The lowest BCUT2D eigenvalue weighted by atomic mass is 10.0. The first-order valence-corrected chi connectivity index (χ1v) is 6.54. The Morgan fingerprint density at radius 3 is 2.53 bits per heavy atom. The fourth-order valence-corrected chi connectivity index (χ4v) is 2.65. The first kappa shape index (κ1) is 13.1. The van der Waals surface area contributed by atoms with Crippen LogP contribution in [0.5, 0.6) is 0 Å². The summed E-state index contributed by atoms with van der Waals surface area (Å²) in [5.41, 5.74) is 0. The summed E-state index contributed by atoms with van der Waals surface area (Å²) in [6, 6.07) is 0.693. The zero-order chi connectivity index (χ0) is 12.5. The van der Waals surface area contributed by atoms with Crippen molar-refractivity contribution in [2.75, 3.05) is 19.6 Å². The molecule has 2 rings (SSSR count). The predicted molar refractivity (Wildman–Crippen MR) is 60.8 cm³/mol. The van der Waals surface area contributed by atoms with Gasteiger partial charge in [-0.1, -0.05) is 6.92 Å². The van der Waals surface area contributed by atoms with Crippen LogP contribution in [-0.4, -0.2) is 42.8 Å². The van der Waals surface area contributed by atoms with Crippen LogP contribution >= 0.6 is 0 Å². The van der Waals surface area contributed by atoms with Crippen LogP contribution in [0.2, 0.25) is 0 Å². The van der Waals surface area contributed by atoms with E-state index in [0.717, 1.165) is 19.5 Å². The minimum Gasteiger partial charge on any atom is -0.311 e. The Balaban J connectivity index is 1.88. The van der Waals surface area contributed by atoms with Crippen molar-refractivity contribution in [3.8, 4) is 0 Å². The van der Waals surface area contributed by atoms with Gasteiger partial charge in [-0.05, 0) is 25.2 Å². The zero-order valence-electron chi connectivity index (χ0n) is 10.3.